The lowest BCUT2D eigenvalue weighted by Gasteiger charge is -2.19. The van der Waals surface area contributed by atoms with Gasteiger partial charge in [-0.15, -0.1) is 0 Å². The number of likely N-dealkylation sites (N-methyl/N-ethyl adjacent to an activating group) is 2. The van der Waals surface area contributed by atoms with E-state index in [1.165, 1.54) is 6.08 Å². The van der Waals surface area contributed by atoms with Gasteiger partial charge in [0.1, 0.15) is 30.5 Å². The first-order valence-electron chi connectivity index (χ1n) is 15.7. The summed E-state index contributed by atoms with van der Waals surface area (Å²) in [5, 5.41) is 11.2. The standard InChI is InChI=1S/C36H56N4O4/c1-29(2)11-17-33-35(44-28-26-40(8)24-10-22-38(5)6)20-18-32(36(33)42)34(41)19-14-30-12-15-31(16-13-30)43-27-25-39(7)23-9-21-37(3)4/h11-16,18-20,42H,9-10,17,21-28H2,1-8H3/b19-14+. The Labute approximate surface area is 266 Å². The minimum atomic E-state index is -0.259. The average molecular weight is 609 g/mol. The maximum absolute atomic E-state index is 13.1. The number of allylic oxidation sites excluding steroid dienone is 3. The van der Waals surface area contributed by atoms with Gasteiger partial charge in [0.15, 0.2) is 5.78 Å². The van der Waals surface area contributed by atoms with E-state index in [2.05, 4.69) is 61.9 Å². The number of aromatic hydroxyl groups is 1. The van der Waals surface area contributed by atoms with E-state index in [-0.39, 0.29) is 17.1 Å². The number of hydrogen-bond donors (Lipinski definition) is 1. The van der Waals surface area contributed by atoms with Gasteiger partial charge >= 0.3 is 0 Å². The number of carbonyl (C=O) groups is 1. The molecule has 0 fully saturated rings. The molecule has 0 aliphatic heterocycles. The van der Waals surface area contributed by atoms with Crippen LogP contribution in [0.4, 0.5) is 0 Å². The maximum atomic E-state index is 13.1. The van der Waals surface area contributed by atoms with Crippen molar-refractivity contribution in [2.45, 2.75) is 33.1 Å². The summed E-state index contributed by atoms with van der Waals surface area (Å²) in [6.45, 7) is 10.9. The van der Waals surface area contributed by atoms with Gasteiger partial charge in [0.05, 0.1) is 5.56 Å². The molecule has 0 atom stereocenters. The van der Waals surface area contributed by atoms with Gasteiger partial charge in [-0.2, -0.15) is 0 Å². The fourth-order valence-electron chi connectivity index (χ4n) is 4.56. The number of phenolic OH excluding ortho intramolecular Hbond substituents is 1. The second-order valence-corrected chi connectivity index (χ2v) is 12.3. The van der Waals surface area contributed by atoms with Crippen molar-refractivity contribution in [3.8, 4) is 17.2 Å². The van der Waals surface area contributed by atoms with Crippen LogP contribution in [0.2, 0.25) is 0 Å². The third-order valence-corrected chi connectivity index (χ3v) is 7.29. The maximum Gasteiger partial charge on any atom is 0.189 e. The summed E-state index contributed by atoms with van der Waals surface area (Å²) in [4.78, 5) is 22.0. The van der Waals surface area contributed by atoms with Crippen LogP contribution in [0.25, 0.3) is 6.08 Å². The minimum absolute atomic E-state index is 0.0237. The van der Waals surface area contributed by atoms with Gasteiger partial charge in [-0.25, -0.2) is 0 Å². The van der Waals surface area contributed by atoms with Crippen molar-refractivity contribution in [1.82, 2.24) is 19.6 Å². The molecule has 2 rings (SSSR count). The molecule has 0 heterocycles. The Bertz CT molecular complexity index is 1190. The van der Waals surface area contributed by atoms with Crippen LogP contribution in [0.15, 0.2) is 54.1 Å². The average Bonchev–Trinajstić information content (AvgIpc) is 2.95. The fraction of sp³-hybridized carbons (Fsp3) is 0.528. The highest BCUT2D eigenvalue weighted by Crippen LogP contribution is 2.33. The third kappa shape index (κ3) is 14.5. The van der Waals surface area contributed by atoms with Gasteiger partial charge in [-0.1, -0.05) is 29.9 Å². The van der Waals surface area contributed by atoms with E-state index in [0.717, 1.165) is 69.0 Å². The minimum Gasteiger partial charge on any atom is -0.507 e. The highest BCUT2D eigenvalue weighted by atomic mass is 16.5. The zero-order chi connectivity index (χ0) is 32.5. The quantitative estimate of drug-likeness (QED) is 0.116. The third-order valence-electron chi connectivity index (χ3n) is 7.29. The van der Waals surface area contributed by atoms with Crippen LogP contribution in [0.1, 0.15) is 48.2 Å². The largest absolute Gasteiger partial charge is 0.507 e. The Balaban J connectivity index is 1.98. The van der Waals surface area contributed by atoms with Crippen molar-refractivity contribution in [1.29, 1.82) is 0 Å². The highest BCUT2D eigenvalue weighted by Gasteiger charge is 2.17. The smallest absolute Gasteiger partial charge is 0.189 e. The predicted molar refractivity (Wildman–Crippen MR) is 183 cm³/mol. The summed E-state index contributed by atoms with van der Waals surface area (Å²) in [5.74, 6) is 1.12. The molecule has 2 aromatic rings. The molecule has 0 aliphatic rings. The summed E-state index contributed by atoms with van der Waals surface area (Å²) in [6, 6.07) is 11.1. The molecule has 0 saturated heterocycles. The number of carbonyl (C=O) groups excluding carboxylic acids is 1. The monoisotopic (exact) mass is 608 g/mol. The van der Waals surface area contributed by atoms with Crippen molar-refractivity contribution in [3.63, 3.8) is 0 Å². The number of ether oxygens (including phenoxy) is 2. The molecule has 0 radical (unpaired) electrons. The van der Waals surface area contributed by atoms with Crippen LogP contribution in [0.5, 0.6) is 17.2 Å². The first kappa shape index (κ1) is 37.0. The molecule has 0 spiro atoms. The molecule has 0 aliphatic carbocycles. The fourth-order valence-corrected chi connectivity index (χ4v) is 4.56. The van der Waals surface area contributed by atoms with E-state index in [1.54, 1.807) is 18.2 Å². The van der Waals surface area contributed by atoms with Gasteiger partial charge in [-0.05, 0) is 137 Å². The number of rotatable bonds is 21. The summed E-state index contributed by atoms with van der Waals surface area (Å²) >= 11 is 0. The number of ketones is 1. The van der Waals surface area contributed by atoms with Gasteiger partial charge in [0, 0.05) is 18.7 Å². The Kier molecular flexibility index (Phi) is 16.8. The van der Waals surface area contributed by atoms with Crippen LogP contribution in [0, 0.1) is 0 Å². The van der Waals surface area contributed by atoms with Crippen LogP contribution in [-0.4, -0.2) is 125 Å². The summed E-state index contributed by atoms with van der Waals surface area (Å²) < 4.78 is 12.0. The van der Waals surface area contributed by atoms with Gasteiger partial charge in [-0.3, -0.25) is 4.79 Å². The molecule has 244 valence electrons. The van der Waals surface area contributed by atoms with Crippen molar-refractivity contribution >= 4 is 11.9 Å². The van der Waals surface area contributed by atoms with Crippen LogP contribution >= 0.6 is 0 Å². The topological polar surface area (TPSA) is 68.7 Å². The van der Waals surface area contributed by atoms with Crippen molar-refractivity contribution < 1.29 is 19.4 Å². The molecule has 0 saturated carbocycles. The summed E-state index contributed by atoms with van der Waals surface area (Å²) in [7, 11) is 12.5. The first-order valence-corrected chi connectivity index (χ1v) is 15.7. The second kappa shape index (κ2) is 20.0. The van der Waals surface area contributed by atoms with E-state index in [9.17, 15) is 9.90 Å². The van der Waals surface area contributed by atoms with Crippen LogP contribution in [-0.2, 0) is 6.42 Å². The molecule has 44 heavy (non-hydrogen) atoms. The van der Waals surface area contributed by atoms with Gasteiger partial charge in [0.2, 0.25) is 0 Å². The molecule has 8 heteroatoms. The molecular weight excluding hydrogens is 552 g/mol. The molecule has 2 aromatic carbocycles. The Morgan fingerprint density at radius 1 is 0.750 bits per heavy atom. The molecule has 0 unspecified atom stereocenters. The van der Waals surface area contributed by atoms with E-state index >= 15 is 0 Å². The number of hydrogen-bond acceptors (Lipinski definition) is 8. The van der Waals surface area contributed by atoms with Crippen LogP contribution in [0.3, 0.4) is 0 Å². The lowest BCUT2D eigenvalue weighted by molar-refractivity contribution is 0.104. The molecule has 0 aromatic heterocycles. The first-order chi connectivity index (χ1) is 21.0. The summed E-state index contributed by atoms with van der Waals surface area (Å²) in [6.07, 6.45) is 8.00. The highest BCUT2D eigenvalue weighted by molar-refractivity contribution is 6.09. The Morgan fingerprint density at radius 3 is 1.86 bits per heavy atom. The summed E-state index contributed by atoms with van der Waals surface area (Å²) in [5.41, 5.74) is 2.91. The zero-order valence-electron chi connectivity index (χ0n) is 28.4. The van der Waals surface area contributed by atoms with Crippen molar-refractivity contribution in [2.75, 3.05) is 94.8 Å². The van der Waals surface area contributed by atoms with Crippen molar-refractivity contribution in [3.05, 3.63) is 70.8 Å². The second-order valence-electron chi connectivity index (χ2n) is 12.3. The molecule has 1 N–H and O–H groups in total. The van der Waals surface area contributed by atoms with Crippen molar-refractivity contribution in [2.24, 2.45) is 0 Å². The van der Waals surface area contributed by atoms with E-state index in [4.69, 9.17) is 9.47 Å². The molecule has 0 bridgehead atoms. The number of nitrogens with zero attached hydrogens (tertiary/aromatic N) is 4. The van der Waals surface area contributed by atoms with E-state index in [0.29, 0.717) is 30.9 Å². The zero-order valence-corrected chi connectivity index (χ0v) is 28.4. The predicted octanol–water partition coefficient (Wildman–Crippen LogP) is 5.32. The van der Waals surface area contributed by atoms with Gasteiger partial charge in [0.25, 0.3) is 0 Å². The number of phenols is 1. The molecular formula is C36H56N4O4. The lowest BCUT2D eigenvalue weighted by Crippen LogP contribution is -2.27. The normalized spacial score (nSPS) is 11.7. The molecule has 8 nitrogen and oxygen atoms in total. The SMILES string of the molecule is CC(C)=CCc1c(OCCN(C)CCCN(C)C)ccc(C(=O)/C=C/c2ccc(OCCN(C)CCCN(C)C)cc2)c1O. The Morgan fingerprint density at radius 2 is 1.32 bits per heavy atom. The lowest BCUT2D eigenvalue weighted by atomic mass is 10.0. The van der Waals surface area contributed by atoms with E-state index < -0.39 is 0 Å². The van der Waals surface area contributed by atoms with Crippen LogP contribution < -0.4 is 9.47 Å². The molecule has 0 amide bonds. The van der Waals surface area contributed by atoms with E-state index in [1.807, 2.05) is 44.2 Å². The Hall–Kier alpha value is -3.17. The number of benzene rings is 2. The van der Waals surface area contributed by atoms with Gasteiger partial charge < -0.3 is 34.2 Å².